The minimum atomic E-state index is 0.578. The zero-order valence-electron chi connectivity index (χ0n) is 9.71. The average molecular weight is 226 g/mol. The highest BCUT2D eigenvalue weighted by atomic mass is 16.3. The second kappa shape index (κ2) is 5.25. The third kappa shape index (κ3) is 2.50. The molecule has 0 bridgehead atoms. The maximum absolute atomic E-state index is 10.6. The van der Waals surface area contributed by atoms with Crippen molar-refractivity contribution >= 4 is 5.69 Å². The molecule has 0 saturated carbocycles. The van der Waals surface area contributed by atoms with E-state index in [1.165, 1.54) is 10.6 Å². The first-order valence-electron chi connectivity index (χ1n) is 5.61. The first-order valence-corrected chi connectivity index (χ1v) is 5.61. The fourth-order valence-corrected chi connectivity index (χ4v) is 1.74. The normalized spacial score (nSPS) is 9.94. The maximum Gasteiger partial charge on any atom is 0.0626 e. The molecule has 0 saturated heterocycles. The van der Waals surface area contributed by atoms with Gasteiger partial charge in [0.15, 0.2) is 0 Å². The molecule has 2 aromatic carbocycles. The van der Waals surface area contributed by atoms with Gasteiger partial charge in [-0.2, -0.15) is 0 Å². The summed E-state index contributed by atoms with van der Waals surface area (Å²) in [6.07, 6.45) is 0. The molecule has 3 heteroatoms. The molecule has 2 aromatic rings. The predicted octanol–water partition coefficient (Wildman–Crippen LogP) is 3.86. The van der Waals surface area contributed by atoms with Crippen molar-refractivity contribution < 1.29 is 0 Å². The fourth-order valence-electron chi connectivity index (χ4n) is 1.74. The van der Waals surface area contributed by atoms with Crippen molar-refractivity contribution in [2.75, 3.05) is 11.6 Å². The van der Waals surface area contributed by atoms with Crippen LogP contribution in [0.4, 0.5) is 5.69 Å². The smallest absolute Gasteiger partial charge is 0.0626 e. The molecule has 2 rings (SSSR count). The molecule has 0 aliphatic heterocycles. The van der Waals surface area contributed by atoms with Crippen molar-refractivity contribution in [1.82, 2.24) is 0 Å². The molecule has 0 fully saturated rings. The summed E-state index contributed by atoms with van der Waals surface area (Å²) in [6.45, 7) is 2.47. The van der Waals surface area contributed by atoms with Gasteiger partial charge in [-0.15, -0.1) is 4.91 Å². The van der Waals surface area contributed by atoms with Crippen LogP contribution >= 0.6 is 0 Å². The molecule has 0 spiro atoms. The summed E-state index contributed by atoms with van der Waals surface area (Å²) < 4.78 is 0. The van der Waals surface area contributed by atoms with E-state index in [2.05, 4.69) is 17.4 Å². The molecular formula is C14H14N2O. The van der Waals surface area contributed by atoms with Crippen molar-refractivity contribution in [3.05, 3.63) is 59.5 Å². The molecule has 0 N–H and O–H groups in total. The van der Waals surface area contributed by atoms with E-state index < -0.39 is 0 Å². The van der Waals surface area contributed by atoms with Crippen molar-refractivity contribution in [3.63, 3.8) is 0 Å². The Morgan fingerprint density at radius 1 is 0.941 bits per heavy atom. The van der Waals surface area contributed by atoms with Crippen LogP contribution in [0, 0.1) is 4.91 Å². The second-order valence-corrected chi connectivity index (χ2v) is 3.71. The van der Waals surface area contributed by atoms with E-state index in [0.29, 0.717) is 6.54 Å². The summed E-state index contributed by atoms with van der Waals surface area (Å²) in [5, 5.41) is 4.39. The van der Waals surface area contributed by atoms with Crippen molar-refractivity contribution in [3.8, 4) is 11.1 Å². The molecule has 0 aliphatic carbocycles. The third-order valence-corrected chi connectivity index (χ3v) is 2.67. The summed E-state index contributed by atoms with van der Waals surface area (Å²) in [5.41, 5.74) is 3.12. The number of rotatable bonds is 4. The van der Waals surface area contributed by atoms with Gasteiger partial charge in [0, 0.05) is 6.54 Å². The molecule has 86 valence electrons. The Morgan fingerprint density at radius 2 is 1.53 bits per heavy atom. The van der Waals surface area contributed by atoms with Gasteiger partial charge in [-0.3, -0.25) is 0 Å². The first-order chi connectivity index (χ1) is 8.35. The van der Waals surface area contributed by atoms with Gasteiger partial charge in [0.05, 0.1) is 11.0 Å². The molecular weight excluding hydrogens is 212 g/mol. The molecule has 0 amide bonds. The van der Waals surface area contributed by atoms with Crippen LogP contribution in [0.15, 0.2) is 59.9 Å². The van der Waals surface area contributed by atoms with Crippen LogP contribution in [-0.2, 0) is 0 Å². The lowest BCUT2D eigenvalue weighted by molar-refractivity contribution is 0.885. The van der Waals surface area contributed by atoms with Crippen molar-refractivity contribution in [2.24, 2.45) is 5.29 Å². The van der Waals surface area contributed by atoms with Crippen LogP contribution in [0.1, 0.15) is 6.92 Å². The highest BCUT2D eigenvalue weighted by Crippen LogP contribution is 2.22. The standard InChI is InChI=1S/C14H14N2O/c1-2-16(15-17)14-10-8-13(9-11-14)12-6-4-3-5-7-12/h3-11H,2H2,1H3. The summed E-state index contributed by atoms with van der Waals surface area (Å²) in [4.78, 5) is 10.6. The minimum Gasteiger partial charge on any atom is -0.230 e. The zero-order chi connectivity index (χ0) is 12.1. The largest absolute Gasteiger partial charge is 0.230 e. The highest BCUT2D eigenvalue weighted by Gasteiger charge is 2.03. The summed E-state index contributed by atoms with van der Waals surface area (Å²) >= 11 is 0. The Balaban J connectivity index is 2.27. The summed E-state index contributed by atoms with van der Waals surface area (Å²) in [5.74, 6) is 0. The van der Waals surface area contributed by atoms with Gasteiger partial charge >= 0.3 is 0 Å². The fraction of sp³-hybridized carbons (Fsp3) is 0.143. The maximum atomic E-state index is 10.6. The molecule has 3 nitrogen and oxygen atoms in total. The van der Waals surface area contributed by atoms with Gasteiger partial charge in [-0.25, -0.2) is 5.01 Å². The van der Waals surface area contributed by atoms with Crippen LogP contribution in [0.25, 0.3) is 11.1 Å². The number of hydrogen-bond acceptors (Lipinski definition) is 2. The number of nitrogens with zero attached hydrogens (tertiary/aromatic N) is 2. The Labute approximate surface area is 101 Å². The molecule has 0 aliphatic rings. The lowest BCUT2D eigenvalue weighted by Gasteiger charge is -2.12. The SMILES string of the molecule is CCN(N=O)c1ccc(-c2ccccc2)cc1. The topological polar surface area (TPSA) is 32.7 Å². The first kappa shape index (κ1) is 11.3. The van der Waals surface area contributed by atoms with Gasteiger partial charge in [0.25, 0.3) is 0 Å². The Bertz CT molecular complexity index is 479. The lowest BCUT2D eigenvalue weighted by Crippen LogP contribution is -2.13. The Hall–Kier alpha value is -2.16. The quantitative estimate of drug-likeness (QED) is 0.585. The van der Waals surface area contributed by atoms with Gasteiger partial charge in [0.2, 0.25) is 0 Å². The molecule has 0 aromatic heterocycles. The third-order valence-electron chi connectivity index (χ3n) is 2.67. The molecule has 0 heterocycles. The molecule has 0 atom stereocenters. The Kier molecular flexibility index (Phi) is 3.50. The van der Waals surface area contributed by atoms with Crippen LogP contribution in [0.5, 0.6) is 0 Å². The molecule has 17 heavy (non-hydrogen) atoms. The van der Waals surface area contributed by atoms with Crippen LogP contribution in [0.3, 0.4) is 0 Å². The van der Waals surface area contributed by atoms with Gasteiger partial charge < -0.3 is 0 Å². The van der Waals surface area contributed by atoms with E-state index in [9.17, 15) is 4.91 Å². The van der Waals surface area contributed by atoms with E-state index in [1.54, 1.807) is 0 Å². The molecule has 0 radical (unpaired) electrons. The average Bonchev–Trinajstić information content (AvgIpc) is 2.42. The van der Waals surface area contributed by atoms with E-state index in [-0.39, 0.29) is 0 Å². The predicted molar refractivity (Wildman–Crippen MR) is 70.7 cm³/mol. The monoisotopic (exact) mass is 226 g/mol. The minimum absolute atomic E-state index is 0.578. The van der Waals surface area contributed by atoms with Crippen molar-refractivity contribution in [1.29, 1.82) is 0 Å². The van der Waals surface area contributed by atoms with Gasteiger partial charge in [0.1, 0.15) is 0 Å². The lowest BCUT2D eigenvalue weighted by atomic mass is 10.1. The second-order valence-electron chi connectivity index (χ2n) is 3.71. The van der Waals surface area contributed by atoms with Gasteiger partial charge in [-0.05, 0) is 30.2 Å². The van der Waals surface area contributed by atoms with E-state index in [0.717, 1.165) is 11.3 Å². The number of benzene rings is 2. The van der Waals surface area contributed by atoms with Crippen molar-refractivity contribution in [2.45, 2.75) is 6.92 Å². The molecule has 0 unspecified atom stereocenters. The van der Waals surface area contributed by atoms with E-state index in [1.807, 2.05) is 49.4 Å². The zero-order valence-corrected chi connectivity index (χ0v) is 9.71. The number of anilines is 1. The van der Waals surface area contributed by atoms with E-state index >= 15 is 0 Å². The van der Waals surface area contributed by atoms with E-state index in [4.69, 9.17) is 0 Å². The van der Waals surface area contributed by atoms with Gasteiger partial charge in [-0.1, -0.05) is 42.5 Å². The summed E-state index contributed by atoms with van der Waals surface area (Å²) in [6, 6.07) is 17.9. The number of nitroso groups, excluding NO2 is 1. The van der Waals surface area contributed by atoms with Crippen LogP contribution in [-0.4, -0.2) is 6.54 Å². The highest BCUT2D eigenvalue weighted by molar-refractivity contribution is 5.66. The number of hydrogen-bond donors (Lipinski definition) is 0. The van der Waals surface area contributed by atoms with Crippen LogP contribution < -0.4 is 5.01 Å². The Morgan fingerprint density at radius 3 is 2.06 bits per heavy atom. The summed E-state index contributed by atoms with van der Waals surface area (Å²) in [7, 11) is 0. The van der Waals surface area contributed by atoms with Crippen LogP contribution in [0.2, 0.25) is 0 Å².